The predicted octanol–water partition coefficient (Wildman–Crippen LogP) is 16.5. The molecule has 0 aliphatic carbocycles. The Morgan fingerprint density at radius 3 is 1.18 bits per heavy atom. The van der Waals surface area contributed by atoms with Crippen molar-refractivity contribution >= 4 is 11.9 Å². The second-order valence-electron chi connectivity index (χ2n) is 18.5. The minimum absolute atomic E-state index is 0.0235. The SMILES string of the molecule is CCCCCC/C=C\CCCCCCCC(=O)OCCCCCCCC/C=C\CCCCCC(=O)NC(CO)C(O)/C=C/CCCCCCCCCCCCCCCCCCC. The molecule has 6 nitrogen and oxygen atoms in total. The number of carbonyl (C=O) groups is 2. The van der Waals surface area contributed by atoms with Gasteiger partial charge in [-0.3, -0.25) is 9.59 Å². The second kappa shape index (κ2) is 51.7. The summed E-state index contributed by atoms with van der Waals surface area (Å²) in [5, 5.41) is 23.1. The Bertz CT molecular complexity index is 1010. The molecule has 0 radical (unpaired) electrons. The molecular formula is C56H105NO5. The van der Waals surface area contributed by atoms with E-state index in [1.165, 1.54) is 186 Å². The molecule has 0 aromatic heterocycles. The zero-order chi connectivity index (χ0) is 45.1. The monoisotopic (exact) mass is 872 g/mol. The van der Waals surface area contributed by atoms with Crippen LogP contribution in [-0.2, 0) is 14.3 Å². The predicted molar refractivity (Wildman–Crippen MR) is 269 cm³/mol. The van der Waals surface area contributed by atoms with Crippen LogP contribution in [0.1, 0.15) is 284 Å². The van der Waals surface area contributed by atoms with Crippen LogP contribution in [0.5, 0.6) is 0 Å². The molecule has 364 valence electrons. The van der Waals surface area contributed by atoms with Crippen molar-refractivity contribution in [2.75, 3.05) is 13.2 Å². The molecule has 0 bridgehead atoms. The van der Waals surface area contributed by atoms with Crippen LogP contribution in [0.2, 0.25) is 0 Å². The lowest BCUT2D eigenvalue weighted by molar-refractivity contribution is -0.143. The number of nitrogens with one attached hydrogen (secondary N) is 1. The van der Waals surface area contributed by atoms with Crippen molar-refractivity contribution in [1.82, 2.24) is 5.32 Å². The number of unbranched alkanes of at least 4 members (excludes halogenated alkanes) is 35. The number of hydrogen-bond acceptors (Lipinski definition) is 5. The lowest BCUT2D eigenvalue weighted by Gasteiger charge is -2.19. The number of amides is 1. The molecular weight excluding hydrogens is 767 g/mol. The van der Waals surface area contributed by atoms with Gasteiger partial charge in [0.05, 0.1) is 25.4 Å². The molecule has 0 aliphatic rings. The Morgan fingerprint density at radius 2 is 0.758 bits per heavy atom. The van der Waals surface area contributed by atoms with Crippen molar-refractivity contribution in [3.63, 3.8) is 0 Å². The maximum absolute atomic E-state index is 12.4. The molecule has 0 heterocycles. The van der Waals surface area contributed by atoms with Crippen molar-refractivity contribution < 1.29 is 24.5 Å². The summed E-state index contributed by atoms with van der Waals surface area (Å²) in [5.74, 6) is -0.121. The van der Waals surface area contributed by atoms with Crippen molar-refractivity contribution in [2.45, 2.75) is 296 Å². The maximum atomic E-state index is 12.4. The van der Waals surface area contributed by atoms with E-state index in [0.717, 1.165) is 70.6 Å². The van der Waals surface area contributed by atoms with Gasteiger partial charge in [-0.25, -0.2) is 0 Å². The lowest BCUT2D eigenvalue weighted by atomic mass is 10.0. The van der Waals surface area contributed by atoms with Crippen LogP contribution in [-0.4, -0.2) is 47.4 Å². The minimum Gasteiger partial charge on any atom is -0.466 e. The Kier molecular flexibility index (Phi) is 50.1. The van der Waals surface area contributed by atoms with E-state index in [4.69, 9.17) is 4.74 Å². The number of allylic oxidation sites excluding steroid dienone is 5. The molecule has 6 heteroatoms. The van der Waals surface area contributed by atoms with Crippen LogP contribution in [0.25, 0.3) is 0 Å². The molecule has 1 amide bonds. The van der Waals surface area contributed by atoms with E-state index in [-0.39, 0.29) is 18.5 Å². The van der Waals surface area contributed by atoms with Gasteiger partial charge < -0.3 is 20.3 Å². The van der Waals surface area contributed by atoms with E-state index in [1.54, 1.807) is 6.08 Å². The Balaban J connectivity index is 3.55. The molecule has 0 aromatic carbocycles. The lowest BCUT2D eigenvalue weighted by Crippen LogP contribution is -2.45. The highest BCUT2D eigenvalue weighted by atomic mass is 16.5. The first kappa shape index (κ1) is 60.1. The fourth-order valence-corrected chi connectivity index (χ4v) is 8.15. The van der Waals surface area contributed by atoms with Gasteiger partial charge in [-0.1, -0.05) is 224 Å². The van der Waals surface area contributed by atoms with Crippen LogP contribution in [0.4, 0.5) is 0 Å². The van der Waals surface area contributed by atoms with Gasteiger partial charge in [-0.2, -0.15) is 0 Å². The summed E-state index contributed by atoms with van der Waals surface area (Å²) in [6.45, 7) is 4.84. The first-order valence-electron chi connectivity index (χ1n) is 27.3. The van der Waals surface area contributed by atoms with Crippen molar-refractivity contribution in [2.24, 2.45) is 0 Å². The molecule has 0 fully saturated rings. The van der Waals surface area contributed by atoms with E-state index in [9.17, 15) is 19.8 Å². The molecule has 3 N–H and O–H groups in total. The van der Waals surface area contributed by atoms with Gasteiger partial charge in [0.1, 0.15) is 0 Å². The van der Waals surface area contributed by atoms with Gasteiger partial charge in [0.2, 0.25) is 5.91 Å². The highest BCUT2D eigenvalue weighted by Crippen LogP contribution is 2.16. The van der Waals surface area contributed by atoms with Gasteiger partial charge in [-0.05, 0) is 83.5 Å². The van der Waals surface area contributed by atoms with Crippen LogP contribution in [0.3, 0.4) is 0 Å². The summed E-state index contributed by atoms with van der Waals surface area (Å²) >= 11 is 0. The van der Waals surface area contributed by atoms with Crippen molar-refractivity contribution in [1.29, 1.82) is 0 Å². The molecule has 0 spiro atoms. The summed E-state index contributed by atoms with van der Waals surface area (Å²) in [6, 6.07) is -0.649. The van der Waals surface area contributed by atoms with Gasteiger partial charge in [0.25, 0.3) is 0 Å². The number of rotatable bonds is 50. The third-order valence-corrected chi connectivity index (χ3v) is 12.4. The van der Waals surface area contributed by atoms with Gasteiger partial charge in [0.15, 0.2) is 0 Å². The van der Waals surface area contributed by atoms with Gasteiger partial charge in [0, 0.05) is 12.8 Å². The number of carbonyl (C=O) groups excluding carboxylic acids is 2. The van der Waals surface area contributed by atoms with Crippen LogP contribution < -0.4 is 5.32 Å². The summed E-state index contributed by atoms with van der Waals surface area (Å²) in [5.41, 5.74) is 0. The quantitative estimate of drug-likeness (QED) is 0.0321. The number of aliphatic hydroxyl groups excluding tert-OH is 2. The number of aliphatic hydroxyl groups is 2. The standard InChI is InChI=1S/C56H105NO5/c1-3-5-7-9-11-13-15-17-18-19-20-21-22-25-28-32-36-40-44-48-54(59)53(52-58)57-55(60)49-45-41-37-33-29-26-23-27-31-35-39-43-47-51-62-56(61)50-46-42-38-34-30-24-16-14-12-10-8-6-4-2/h14,16,26,29,44,48,53-54,58-59H,3-13,15,17-25,27-28,30-43,45-47,49-52H2,1-2H3,(H,57,60)/b16-14-,29-26-,48-44+. The summed E-state index contributed by atoms with van der Waals surface area (Å²) in [6.07, 6.45) is 62.9. The zero-order valence-electron chi connectivity index (χ0n) is 41.4. The molecule has 2 unspecified atom stereocenters. The van der Waals surface area contributed by atoms with Gasteiger partial charge in [-0.15, -0.1) is 0 Å². The van der Waals surface area contributed by atoms with Crippen LogP contribution in [0, 0.1) is 0 Å². The second-order valence-corrected chi connectivity index (χ2v) is 18.5. The van der Waals surface area contributed by atoms with E-state index >= 15 is 0 Å². The zero-order valence-corrected chi connectivity index (χ0v) is 41.4. The van der Waals surface area contributed by atoms with Crippen LogP contribution >= 0.6 is 0 Å². The molecule has 0 rings (SSSR count). The minimum atomic E-state index is -0.862. The average Bonchev–Trinajstić information content (AvgIpc) is 3.27. The Labute approximate surface area is 385 Å². The summed E-state index contributed by atoms with van der Waals surface area (Å²) in [4.78, 5) is 24.5. The van der Waals surface area contributed by atoms with Gasteiger partial charge >= 0.3 is 5.97 Å². The summed E-state index contributed by atoms with van der Waals surface area (Å²) in [7, 11) is 0. The van der Waals surface area contributed by atoms with E-state index in [2.05, 4.69) is 43.5 Å². The third kappa shape index (κ3) is 47.6. The average molecular weight is 872 g/mol. The Hall–Kier alpha value is -1.92. The van der Waals surface area contributed by atoms with E-state index in [1.807, 2.05) is 6.08 Å². The molecule has 62 heavy (non-hydrogen) atoms. The summed E-state index contributed by atoms with van der Waals surface area (Å²) < 4.78 is 5.44. The molecule has 0 saturated carbocycles. The first-order chi connectivity index (χ1) is 30.5. The van der Waals surface area contributed by atoms with Crippen molar-refractivity contribution in [3.05, 3.63) is 36.5 Å². The molecule has 0 aliphatic heterocycles. The third-order valence-electron chi connectivity index (χ3n) is 12.4. The maximum Gasteiger partial charge on any atom is 0.305 e. The molecule has 0 saturated heterocycles. The topological polar surface area (TPSA) is 95.9 Å². The number of ether oxygens (including phenoxy) is 1. The van der Waals surface area contributed by atoms with E-state index < -0.39 is 12.1 Å². The number of esters is 1. The molecule has 0 aromatic rings. The highest BCUT2D eigenvalue weighted by Gasteiger charge is 2.18. The highest BCUT2D eigenvalue weighted by molar-refractivity contribution is 5.76. The largest absolute Gasteiger partial charge is 0.466 e. The fourth-order valence-electron chi connectivity index (χ4n) is 8.15. The normalized spacial score (nSPS) is 12.9. The van der Waals surface area contributed by atoms with E-state index in [0.29, 0.717) is 19.4 Å². The fraction of sp³-hybridized carbons (Fsp3) is 0.857. The van der Waals surface area contributed by atoms with Crippen LogP contribution in [0.15, 0.2) is 36.5 Å². The molecule has 2 atom stereocenters. The smallest absolute Gasteiger partial charge is 0.305 e. The Morgan fingerprint density at radius 1 is 0.435 bits per heavy atom. The number of hydrogen-bond donors (Lipinski definition) is 3. The van der Waals surface area contributed by atoms with Crippen molar-refractivity contribution in [3.8, 4) is 0 Å². The first-order valence-corrected chi connectivity index (χ1v) is 27.3.